The zero-order valence-electron chi connectivity index (χ0n) is 12.7. The number of hydrogen-bond donors (Lipinski definition) is 1. The molecule has 9 nitrogen and oxygen atoms in total. The first-order valence-corrected chi connectivity index (χ1v) is 7.29. The molecule has 1 aromatic carbocycles. The minimum absolute atomic E-state index is 0.0669. The summed E-state index contributed by atoms with van der Waals surface area (Å²) in [5.41, 5.74) is -0.603. The number of carbonyl (C=O) groups is 2. The lowest BCUT2D eigenvalue weighted by molar-refractivity contribution is -0.384. The summed E-state index contributed by atoms with van der Waals surface area (Å²) in [4.78, 5) is 44.9. The molecule has 0 fully saturated rings. The largest absolute Gasteiger partial charge is 0.454 e. The number of pyridine rings is 1. The van der Waals surface area contributed by atoms with Crippen molar-refractivity contribution in [3.8, 4) is 0 Å². The number of benzene rings is 1. The van der Waals surface area contributed by atoms with Gasteiger partial charge >= 0.3 is 5.97 Å². The molecule has 1 heterocycles. The van der Waals surface area contributed by atoms with Gasteiger partial charge in [0.1, 0.15) is 11.6 Å². The van der Waals surface area contributed by atoms with Crippen LogP contribution in [0.15, 0.2) is 47.4 Å². The third-order valence-electron chi connectivity index (χ3n) is 2.99. The second-order valence-electron chi connectivity index (χ2n) is 4.80. The van der Waals surface area contributed by atoms with Crippen LogP contribution in [0.25, 0.3) is 0 Å². The van der Waals surface area contributed by atoms with Crippen LogP contribution in [0.3, 0.4) is 0 Å². The molecule has 0 unspecified atom stereocenters. The topological polar surface area (TPSA) is 121 Å². The second kappa shape index (κ2) is 8.06. The van der Waals surface area contributed by atoms with E-state index in [9.17, 15) is 24.5 Å². The molecule has 25 heavy (non-hydrogen) atoms. The number of rotatable bonds is 6. The number of anilines is 1. The molecule has 0 aliphatic heterocycles. The Hall–Kier alpha value is -3.20. The lowest BCUT2D eigenvalue weighted by atomic mass is 10.3. The predicted octanol–water partition coefficient (Wildman–Crippen LogP) is 1.59. The van der Waals surface area contributed by atoms with E-state index in [0.29, 0.717) is 0 Å². The van der Waals surface area contributed by atoms with Crippen molar-refractivity contribution in [1.29, 1.82) is 0 Å². The quantitative estimate of drug-likeness (QED) is 0.471. The van der Waals surface area contributed by atoms with Crippen molar-refractivity contribution in [2.45, 2.75) is 6.54 Å². The summed E-state index contributed by atoms with van der Waals surface area (Å²) in [7, 11) is 0. The van der Waals surface area contributed by atoms with E-state index < -0.39 is 23.4 Å². The van der Waals surface area contributed by atoms with E-state index >= 15 is 0 Å². The van der Waals surface area contributed by atoms with Crippen molar-refractivity contribution in [3.05, 3.63) is 68.1 Å². The smallest absolute Gasteiger partial charge is 0.326 e. The van der Waals surface area contributed by atoms with Crippen LogP contribution < -0.4 is 10.9 Å². The average molecular weight is 366 g/mol. The van der Waals surface area contributed by atoms with E-state index in [1.54, 1.807) is 6.07 Å². The Balaban J connectivity index is 1.89. The number of nitrogens with one attached hydrogen (secondary N) is 1. The highest BCUT2D eigenvalue weighted by Gasteiger charge is 2.15. The number of esters is 1. The highest BCUT2D eigenvalue weighted by molar-refractivity contribution is 6.32. The highest BCUT2D eigenvalue weighted by Crippen LogP contribution is 2.27. The van der Waals surface area contributed by atoms with Gasteiger partial charge in [-0.05, 0) is 18.2 Å². The number of halogens is 1. The van der Waals surface area contributed by atoms with Crippen LogP contribution in [0.1, 0.15) is 0 Å². The molecule has 0 aliphatic carbocycles. The van der Waals surface area contributed by atoms with E-state index in [0.717, 1.165) is 10.6 Å². The van der Waals surface area contributed by atoms with Gasteiger partial charge in [-0.3, -0.25) is 24.5 Å². The molecular formula is C15H12ClN3O6. The molecule has 1 aromatic heterocycles. The zero-order chi connectivity index (χ0) is 18.4. The Labute approximate surface area is 145 Å². The lowest BCUT2D eigenvalue weighted by Crippen LogP contribution is -2.26. The van der Waals surface area contributed by atoms with Gasteiger partial charge in [0.25, 0.3) is 17.2 Å². The molecule has 0 aliphatic rings. The maximum absolute atomic E-state index is 11.7. The fourth-order valence-electron chi connectivity index (χ4n) is 1.85. The molecule has 10 heteroatoms. The summed E-state index contributed by atoms with van der Waals surface area (Å²) < 4.78 is 5.89. The number of aromatic nitrogens is 1. The third-order valence-corrected chi connectivity index (χ3v) is 3.31. The van der Waals surface area contributed by atoms with Gasteiger partial charge in [-0.25, -0.2) is 0 Å². The van der Waals surface area contributed by atoms with E-state index in [4.69, 9.17) is 16.3 Å². The maximum atomic E-state index is 11.7. The molecule has 0 atom stereocenters. The molecule has 1 N–H and O–H groups in total. The standard InChI is InChI=1S/C15H12ClN3O6/c16-11-5-4-10(7-12(11)19(23)24)17-13(20)9-25-15(22)8-18-6-2-1-3-14(18)21/h1-7H,8-9H2,(H,17,20). The van der Waals surface area contributed by atoms with Crippen molar-refractivity contribution in [2.24, 2.45) is 0 Å². The summed E-state index contributed by atoms with van der Waals surface area (Å²) in [5, 5.41) is 13.1. The first-order valence-electron chi connectivity index (χ1n) is 6.91. The van der Waals surface area contributed by atoms with Crippen molar-refractivity contribution in [3.63, 3.8) is 0 Å². The van der Waals surface area contributed by atoms with E-state index in [1.165, 1.54) is 30.5 Å². The highest BCUT2D eigenvalue weighted by atomic mass is 35.5. The summed E-state index contributed by atoms with van der Waals surface area (Å²) in [6.07, 6.45) is 1.41. The van der Waals surface area contributed by atoms with Gasteiger partial charge in [0, 0.05) is 24.0 Å². The van der Waals surface area contributed by atoms with Crippen molar-refractivity contribution >= 4 is 34.9 Å². The van der Waals surface area contributed by atoms with Gasteiger partial charge in [0.15, 0.2) is 6.61 Å². The van der Waals surface area contributed by atoms with Crippen LogP contribution in [0.2, 0.25) is 5.02 Å². The number of nitro groups is 1. The van der Waals surface area contributed by atoms with Gasteiger partial charge in [-0.15, -0.1) is 0 Å². The zero-order valence-corrected chi connectivity index (χ0v) is 13.4. The molecule has 2 rings (SSSR count). The second-order valence-corrected chi connectivity index (χ2v) is 5.21. The normalized spacial score (nSPS) is 10.1. The van der Waals surface area contributed by atoms with Gasteiger partial charge in [0.05, 0.1) is 4.92 Å². The van der Waals surface area contributed by atoms with Gasteiger partial charge in [-0.1, -0.05) is 17.7 Å². The SMILES string of the molecule is O=C(COC(=O)Cn1ccccc1=O)Nc1ccc(Cl)c([N+](=O)[O-])c1. The average Bonchev–Trinajstić information content (AvgIpc) is 2.56. The Morgan fingerprint density at radius 3 is 2.72 bits per heavy atom. The number of hydrogen-bond acceptors (Lipinski definition) is 6. The minimum atomic E-state index is -0.773. The predicted molar refractivity (Wildman–Crippen MR) is 88.4 cm³/mol. The molecule has 0 radical (unpaired) electrons. The van der Waals surface area contributed by atoms with Crippen LogP contribution in [0.4, 0.5) is 11.4 Å². The summed E-state index contributed by atoms with van der Waals surface area (Å²) in [6.45, 7) is -0.934. The fraction of sp³-hybridized carbons (Fsp3) is 0.133. The summed E-state index contributed by atoms with van der Waals surface area (Å²) in [6, 6.07) is 8.12. The van der Waals surface area contributed by atoms with E-state index in [-0.39, 0.29) is 28.5 Å². The first kappa shape index (κ1) is 18.1. The molecule has 130 valence electrons. The number of ether oxygens (including phenoxy) is 1. The van der Waals surface area contributed by atoms with Gasteiger partial charge in [0.2, 0.25) is 0 Å². The molecule has 2 aromatic rings. The number of amides is 1. The summed E-state index contributed by atoms with van der Waals surface area (Å²) in [5.74, 6) is -1.46. The van der Waals surface area contributed by atoms with Crippen LogP contribution >= 0.6 is 11.6 Å². The Morgan fingerprint density at radius 2 is 2.04 bits per heavy atom. The van der Waals surface area contributed by atoms with E-state index in [2.05, 4.69) is 5.32 Å². The monoisotopic (exact) mass is 365 g/mol. The minimum Gasteiger partial charge on any atom is -0.454 e. The van der Waals surface area contributed by atoms with E-state index in [1.807, 2.05) is 0 Å². The van der Waals surface area contributed by atoms with Crippen LogP contribution in [0.5, 0.6) is 0 Å². The first-order chi connectivity index (χ1) is 11.9. The molecule has 0 spiro atoms. The van der Waals surface area contributed by atoms with Crippen LogP contribution in [-0.2, 0) is 20.9 Å². The number of nitrogens with zero attached hydrogens (tertiary/aromatic N) is 2. The third kappa shape index (κ3) is 5.15. The molecule has 1 amide bonds. The maximum Gasteiger partial charge on any atom is 0.326 e. The Bertz CT molecular complexity index is 880. The Kier molecular flexibility index (Phi) is 5.85. The molecule has 0 saturated carbocycles. The fourth-order valence-corrected chi connectivity index (χ4v) is 2.04. The van der Waals surface area contributed by atoms with Gasteiger partial charge < -0.3 is 14.6 Å². The van der Waals surface area contributed by atoms with Crippen molar-refractivity contribution < 1.29 is 19.2 Å². The van der Waals surface area contributed by atoms with Gasteiger partial charge in [-0.2, -0.15) is 0 Å². The summed E-state index contributed by atoms with van der Waals surface area (Å²) >= 11 is 5.67. The van der Waals surface area contributed by atoms with Crippen molar-refractivity contribution in [2.75, 3.05) is 11.9 Å². The molecule has 0 bridgehead atoms. The van der Waals surface area contributed by atoms with Crippen LogP contribution in [0, 0.1) is 10.1 Å². The number of nitro benzene ring substituents is 1. The lowest BCUT2D eigenvalue weighted by Gasteiger charge is -2.08. The number of carbonyl (C=O) groups excluding carboxylic acids is 2. The van der Waals surface area contributed by atoms with Crippen molar-refractivity contribution in [1.82, 2.24) is 4.57 Å². The molecular weight excluding hydrogens is 354 g/mol. The molecule has 0 saturated heterocycles. The Morgan fingerprint density at radius 1 is 1.28 bits per heavy atom. The van der Waals surface area contributed by atoms with Crippen LogP contribution in [-0.4, -0.2) is 28.0 Å².